The lowest BCUT2D eigenvalue weighted by Gasteiger charge is -2.27. The third-order valence-electron chi connectivity index (χ3n) is 4.29. The van der Waals surface area contributed by atoms with Gasteiger partial charge in [0.25, 0.3) is 0 Å². The molecule has 1 saturated heterocycles. The predicted octanol–water partition coefficient (Wildman–Crippen LogP) is 0.396. The summed E-state index contributed by atoms with van der Waals surface area (Å²) < 4.78 is 34.1. The first-order valence-corrected chi connectivity index (χ1v) is 10.3. The zero-order valence-electron chi connectivity index (χ0n) is 15.0. The normalized spacial score (nSPS) is 15.6. The monoisotopic (exact) mass is 393 g/mol. The predicted molar refractivity (Wildman–Crippen MR) is 97.1 cm³/mol. The molecule has 1 aliphatic rings. The summed E-state index contributed by atoms with van der Waals surface area (Å²) in [4.78, 5) is 16.2. The van der Waals surface area contributed by atoms with E-state index in [-0.39, 0.29) is 17.3 Å². The number of hydrogen-bond donors (Lipinski definition) is 1. The van der Waals surface area contributed by atoms with Crippen LogP contribution in [0.5, 0.6) is 0 Å². The van der Waals surface area contributed by atoms with E-state index in [1.165, 1.54) is 10.6 Å². The van der Waals surface area contributed by atoms with Crippen LogP contribution in [0.15, 0.2) is 41.8 Å². The number of ether oxygens (including phenoxy) is 1. The molecule has 1 N–H and O–H groups in total. The first-order valence-electron chi connectivity index (χ1n) is 8.82. The number of amides is 1. The fourth-order valence-corrected chi connectivity index (χ4v) is 4.49. The minimum Gasteiger partial charge on any atom is -0.379 e. The van der Waals surface area contributed by atoms with E-state index < -0.39 is 10.0 Å². The van der Waals surface area contributed by atoms with Crippen molar-refractivity contribution in [2.45, 2.75) is 30.8 Å². The van der Waals surface area contributed by atoms with Crippen molar-refractivity contribution in [1.82, 2.24) is 24.4 Å². The molecule has 1 fully saturated rings. The van der Waals surface area contributed by atoms with Gasteiger partial charge in [-0.1, -0.05) is 18.2 Å². The van der Waals surface area contributed by atoms with Crippen LogP contribution in [0.4, 0.5) is 0 Å². The Bertz CT molecular complexity index is 848. The minimum absolute atomic E-state index is 0.131. The van der Waals surface area contributed by atoms with Gasteiger partial charge in [-0.25, -0.2) is 13.4 Å². The molecule has 27 heavy (non-hydrogen) atoms. The maximum atomic E-state index is 12.9. The Morgan fingerprint density at radius 1 is 1.22 bits per heavy atom. The van der Waals surface area contributed by atoms with E-state index in [0.717, 1.165) is 0 Å². The number of nitrogens with one attached hydrogen (secondary N) is 1. The van der Waals surface area contributed by atoms with Gasteiger partial charge in [-0.3, -0.25) is 9.48 Å². The van der Waals surface area contributed by atoms with Crippen molar-refractivity contribution in [3.63, 3.8) is 0 Å². The minimum atomic E-state index is -3.60. The Morgan fingerprint density at radius 3 is 2.74 bits per heavy atom. The first kappa shape index (κ1) is 19.5. The molecule has 2 heterocycles. The molecule has 0 saturated carbocycles. The number of aryl methyl sites for hydroxylation is 1. The van der Waals surface area contributed by atoms with E-state index in [1.807, 2.05) is 0 Å². The third kappa shape index (κ3) is 5.12. The molecule has 146 valence electrons. The van der Waals surface area contributed by atoms with Gasteiger partial charge in [-0.05, 0) is 18.1 Å². The highest BCUT2D eigenvalue weighted by Gasteiger charge is 2.28. The van der Waals surface area contributed by atoms with Crippen LogP contribution in [-0.4, -0.2) is 59.7 Å². The van der Waals surface area contributed by atoms with E-state index in [0.29, 0.717) is 51.3 Å². The summed E-state index contributed by atoms with van der Waals surface area (Å²) in [6.45, 7) is 2.24. The molecule has 0 bridgehead atoms. The summed E-state index contributed by atoms with van der Waals surface area (Å²) >= 11 is 0. The molecule has 0 aliphatic carbocycles. The summed E-state index contributed by atoms with van der Waals surface area (Å²) in [5, 5.41) is 6.79. The number of hydrogen-bond acceptors (Lipinski definition) is 6. The molecule has 0 atom stereocenters. The molecule has 9 nitrogen and oxygen atoms in total. The highest BCUT2D eigenvalue weighted by molar-refractivity contribution is 7.89. The number of carbonyl (C=O) groups excluding carboxylic acids is 1. The molecule has 2 aromatic rings. The van der Waals surface area contributed by atoms with E-state index in [4.69, 9.17) is 4.74 Å². The van der Waals surface area contributed by atoms with Crippen LogP contribution >= 0.6 is 0 Å². The third-order valence-corrected chi connectivity index (χ3v) is 6.29. The second-order valence-electron chi connectivity index (χ2n) is 6.16. The number of benzene rings is 1. The molecule has 0 unspecified atom stereocenters. The average Bonchev–Trinajstić information content (AvgIpc) is 3.21. The lowest BCUT2D eigenvalue weighted by Crippen LogP contribution is -2.41. The number of sulfonamides is 1. The van der Waals surface area contributed by atoms with Gasteiger partial charge < -0.3 is 10.1 Å². The number of morpholine rings is 1. The van der Waals surface area contributed by atoms with Crippen molar-refractivity contribution in [2.24, 2.45) is 0 Å². The average molecular weight is 393 g/mol. The molecule has 3 rings (SSSR count). The van der Waals surface area contributed by atoms with E-state index in [9.17, 15) is 13.2 Å². The van der Waals surface area contributed by atoms with Crippen molar-refractivity contribution in [3.05, 3.63) is 42.5 Å². The molecule has 1 amide bonds. The van der Waals surface area contributed by atoms with Crippen molar-refractivity contribution >= 4 is 15.9 Å². The van der Waals surface area contributed by atoms with E-state index in [1.54, 1.807) is 35.3 Å². The van der Waals surface area contributed by atoms with E-state index >= 15 is 0 Å². The first-order chi connectivity index (χ1) is 13.1. The zero-order chi connectivity index (χ0) is 19.1. The smallest absolute Gasteiger partial charge is 0.243 e. The lowest BCUT2D eigenvalue weighted by molar-refractivity contribution is -0.121. The fraction of sp³-hybridized carbons (Fsp3) is 0.471. The van der Waals surface area contributed by atoms with E-state index in [2.05, 4.69) is 15.4 Å². The van der Waals surface area contributed by atoms with Gasteiger partial charge in [0.2, 0.25) is 15.9 Å². The summed E-state index contributed by atoms with van der Waals surface area (Å²) in [7, 11) is -3.60. The van der Waals surface area contributed by atoms with Gasteiger partial charge in [-0.15, -0.1) is 0 Å². The zero-order valence-corrected chi connectivity index (χ0v) is 15.8. The van der Waals surface area contributed by atoms with Crippen molar-refractivity contribution in [2.75, 3.05) is 26.3 Å². The molecule has 1 aliphatic heterocycles. The summed E-state index contributed by atoms with van der Waals surface area (Å²) in [5.41, 5.74) is 0.577. The Kier molecular flexibility index (Phi) is 6.54. The van der Waals surface area contributed by atoms with Gasteiger partial charge in [0.1, 0.15) is 12.7 Å². The second kappa shape index (κ2) is 9.07. The molecule has 1 aromatic carbocycles. The Labute approximate surface area is 158 Å². The van der Waals surface area contributed by atoms with Crippen LogP contribution < -0.4 is 5.32 Å². The maximum absolute atomic E-state index is 12.9. The van der Waals surface area contributed by atoms with Crippen molar-refractivity contribution < 1.29 is 17.9 Å². The fourth-order valence-electron chi connectivity index (χ4n) is 2.86. The van der Waals surface area contributed by atoms with Crippen LogP contribution in [0, 0.1) is 0 Å². The van der Waals surface area contributed by atoms with Crippen LogP contribution in [-0.2, 0) is 32.6 Å². The Balaban J connectivity index is 1.58. The number of carbonyl (C=O) groups is 1. The van der Waals surface area contributed by atoms with Gasteiger partial charge in [0, 0.05) is 32.6 Å². The van der Waals surface area contributed by atoms with Gasteiger partial charge >= 0.3 is 0 Å². The molecule has 1 aromatic heterocycles. The molecule has 0 spiro atoms. The molecular weight excluding hydrogens is 370 g/mol. The topological polar surface area (TPSA) is 106 Å². The molecular formula is C17H23N5O4S. The van der Waals surface area contributed by atoms with Gasteiger partial charge in [0.05, 0.1) is 18.1 Å². The molecule has 10 heteroatoms. The SMILES string of the molecule is O=C(CCCn1cncn1)NCc1ccccc1S(=O)(=O)N1CCOCC1. The number of rotatable bonds is 8. The van der Waals surface area contributed by atoms with Crippen LogP contribution in [0.2, 0.25) is 0 Å². The summed E-state index contributed by atoms with van der Waals surface area (Å²) in [6, 6.07) is 6.77. The maximum Gasteiger partial charge on any atom is 0.243 e. The Morgan fingerprint density at radius 2 is 2.00 bits per heavy atom. The highest BCUT2D eigenvalue weighted by Crippen LogP contribution is 2.21. The van der Waals surface area contributed by atoms with Crippen LogP contribution in [0.25, 0.3) is 0 Å². The van der Waals surface area contributed by atoms with Crippen LogP contribution in [0.3, 0.4) is 0 Å². The standard InChI is InChI=1S/C17H23N5O4S/c23-17(6-3-7-21-14-18-13-20-21)19-12-15-4-1-2-5-16(15)27(24,25)22-8-10-26-11-9-22/h1-2,4-5,13-14H,3,6-12H2,(H,19,23). The Hall–Kier alpha value is -2.30. The largest absolute Gasteiger partial charge is 0.379 e. The highest BCUT2D eigenvalue weighted by atomic mass is 32.2. The number of aromatic nitrogens is 3. The second-order valence-corrected chi connectivity index (χ2v) is 8.07. The molecule has 0 radical (unpaired) electrons. The van der Waals surface area contributed by atoms with Crippen LogP contribution in [0.1, 0.15) is 18.4 Å². The quantitative estimate of drug-likeness (QED) is 0.696. The van der Waals surface area contributed by atoms with Crippen molar-refractivity contribution in [1.29, 1.82) is 0 Å². The number of nitrogens with zero attached hydrogens (tertiary/aromatic N) is 4. The van der Waals surface area contributed by atoms with Gasteiger partial charge in [-0.2, -0.15) is 9.40 Å². The summed E-state index contributed by atoms with van der Waals surface area (Å²) in [6.07, 6.45) is 4.01. The van der Waals surface area contributed by atoms with Gasteiger partial charge in [0.15, 0.2) is 0 Å². The summed E-state index contributed by atoms with van der Waals surface area (Å²) in [5.74, 6) is -0.131. The van der Waals surface area contributed by atoms with Crippen molar-refractivity contribution in [3.8, 4) is 0 Å². The lowest BCUT2D eigenvalue weighted by atomic mass is 10.2.